The van der Waals surface area contributed by atoms with Crippen LogP contribution in [0.2, 0.25) is 0 Å². The van der Waals surface area contributed by atoms with Crippen molar-refractivity contribution in [1.29, 1.82) is 0 Å². The highest BCUT2D eigenvalue weighted by molar-refractivity contribution is 5.20. The number of aromatic nitrogens is 2. The topological polar surface area (TPSA) is 54.2 Å². The molecule has 0 atom stereocenters. The maximum atomic E-state index is 5.42. The molecule has 0 amide bonds. The van der Waals surface area contributed by atoms with E-state index >= 15 is 0 Å². The minimum Gasteiger partial charge on any atom is -0.407 e. The lowest BCUT2D eigenvalue weighted by Crippen LogP contribution is -2.16. The van der Waals surface area contributed by atoms with Crippen LogP contribution >= 0.6 is 0 Å². The lowest BCUT2D eigenvalue weighted by Gasteiger charge is -2.08. The number of hydrogen-bond donors (Lipinski definition) is 1. The molecule has 0 fully saturated rings. The predicted molar refractivity (Wildman–Crippen MR) is 55.2 cm³/mol. The lowest BCUT2D eigenvalue weighted by molar-refractivity contribution is 0.467. The van der Waals surface area contributed by atoms with E-state index in [1.165, 1.54) is 0 Å². The van der Waals surface area contributed by atoms with E-state index in [2.05, 4.69) is 22.4 Å². The second-order valence-corrected chi connectivity index (χ2v) is 3.17. The second kappa shape index (κ2) is 5.59. The molecule has 0 bridgehead atoms. The van der Waals surface area contributed by atoms with E-state index in [1.807, 2.05) is 18.9 Å². The van der Waals surface area contributed by atoms with Gasteiger partial charge in [0.2, 0.25) is 5.89 Å². The maximum absolute atomic E-state index is 5.42. The van der Waals surface area contributed by atoms with Crippen LogP contribution in [0.1, 0.15) is 26.2 Å². The summed E-state index contributed by atoms with van der Waals surface area (Å²) in [5.41, 5.74) is 0. The largest absolute Gasteiger partial charge is 0.407 e. The van der Waals surface area contributed by atoms with Crippen LogP contribution in [0.4, 0.5) is 6.01 Å². The van der Waals surface area contributed by atoms with Gasteiger partial charge >= 0.3 is 6.01 Å². The smallest absolute Gasteiger partial charge is 0.317 e. The monoisotopic (exact) mass is 198 g/mol. The SMILES string of the molecule is CCCNCc1nnc(N(C)CC)o1. The maximum Gasteiger partial charge on any atom is 0.317 e. The summed E-state index contributed by atoms with van der Waals surface area (Å²) in [5.74, 6) is 0.647. The molecule has 0 aromatic carbocycles. The second-order valence-electron chi connectivity index (χ2n) is 3.17. The van der Waals surface area contributed by atoms with Crippen LogP contribution in [-0.4, -0.2) is 30.3 Å². The molecule has 14 heavy (non-hydrogen) atoms. The highest BCUT2D eigenvalue weighted by Gasteiger charge is 2.07. The van der Waals surface area contributed by atoms with Crippen LogP contribution < -0.4 is 10.2 Å². The summed E-state index contributed by atoms with van der Waals surface area (Å²) in [7, 11) is 1.93. The van der Waals surface area contributed by atoms with E-state index in [-0.39, 0.29) is 0 Å². The Hall–Kier alpha value is -1.10. The molecule has 0 unspecified atom stereocenters. The van der Waals surface area contributed by atoms with Gasteiger partial charge in [0.15, 0.2) is 0 Å². The van der Waals surface area contributed by atoms with E-state index in [4.69, 9.17) is 4.42 Å². The van der Waals surface area contributed by atoms with Crippen LogP contribution in [0.3, 0.4) is 0 Å². The molecule has 1 aromatic rings. The van der Waals surface area contributed by atoms with Crippen molar-refractivity contribution in [3.05, 3.63) is 5.89 Å². The Morgan fingerprint density at radius 2 is 2.14 bits per heavy atom. The zero-order valence-electron chi connectivity index (χ0n) is 9.08. The van der Waals surface area contributed by atoms with Crippen LogP contribution in [-0.2, 0) is 6.54 Å². The normalized spacial score (nSPS) is 10.5. The van der Waals surface area contributed by atoms with E-state index in [0.29, 0.717) is 18.5 Å². The summed E-state index contributed by atoms with van der Waals surface area (Å²) in [6.07, 6.45) is 1.11. The molecule has 0 saturated heterocycles. The zero-order valence-corrected chi connectivity index (χ0v) is 9.08. The van der Waals surface area contributed by atoms with E-state index < -0.39 is 0 Å². The lowest BCUT2D eigenvalue weighted by atomic mass is 10.5. The van der Waals surface area contributed by atoms with Crippen LogP contribution in [0.15, 0.2) is 4.42 Å². The van der Waals surface area contributed by atoms with Gasteiger partial charge in [0.1, 0.15) is 0 Å². The fourth-order valence-electron chi connectivity index (χ4n) is 0.978. The molecule has 1 heterocycles. The van der Waals surface area contributed by atoms with Crippen LogP contribution in [0, 0.1) is 0 Å². The van der Waals surface area contributed by atoms with E-state index in [9.17, 15) is 0 Å². The summed E-state index contributed by atoms with van der Waals surface area (Å²) >= 11 is 0. The molecule has 1 rings (SSSR count). The summed E-state index contributed by atoms with van der Waals surface area (Å²) in [6.45, 7) is 6.65. The third-order valence-corrected chi connectivity index (χ3v) is 1.96. The van der Waals surface area contributed by atoms with Gasteiger partial charge in [-0.05, 0) is 19.9 Å². The summed E-state index contributed by atoms with van der Waals surface area (Å²) in [6, 6.07) is 0.584. The van der Waals surface area contributed by atoms with E-state index in [1.54, 1.807) is 0 Å². The summed E-state index contributed by atoms with van der Waals surface area (Å²) in [5, 5.41) is 11.1. The highest BCUT2D eigenvalue weighted by atomic mass is 16.4. The first-order chi connectivity index (χ1) is 6.77. The summed E-state index contributed by atoms with van der Waals surface area (Å²) in [4.78, 5) is 1.91. The first-order valence-electron chi connectivity index (χ1n) is 5.02. The van der Waals surface area contributed by atoms with E-state index in [0.717, 1.165) is 19.5 Å². The molecule has 5 nitrogen and oxygen atoms in total. The average Bonchev–Trinajstić information content (AvgIpc) is 2.66. The summed E-state index contributed by atoms with van der Waals surface area (Å²) < 4.78 is 5.42. The molecular weight excluding hydrogens is 180 g/mol. The van der Waals surface area contributed by atoms with Gasteiger partial charge < -0.3 is 14.6 Å². The predicted octanol–water partition coefficient (Wildman–Crippen LogP) is 1.03. The Labute approximate surface area is 84.5 Å². The Balaban J connectivity index is 2.42. The molecule has 0 aliphatic carbocycles. The fourth-order valence-corrected chi connectivity index (χ4v) is 0.978. The first-order valence-corrected chi connectivity index (χ1v) is 5.02. The molecule has 0 aliphatic heterocycles. The van der Waals surface area contributed by atoms with Crippen molar-refractivity contribution in [3.8, 4) is 0 Å². The Morgan fingerprint density at radius 3 is 2.79 bits per heavy atom. The van der Waals surface area contributed by atoms with Gasteiger partial charge in [-0.3, -0.25) is 0 Å². The van der Waals surface area contributed by atoms with Gasteiger partial charge in [-0.1, -0.05) is 12.0 Å². The molecule has 0 spiro atoms. The van der Waals surface area contributed by atoms with Gasteiger partial charge in [0.25, 0.3) is 0 Å². The minimum absolute atomic E-state index is 0.584. The quantitative estimate of drug-likeness (QED) is 0.692. The number of nitrogens with zero attached hydrogens (tertiary/aromatic N) is 3. The fraction of sp³-hybridized carbons (Fsp3) is 0.778. The molecule has 1 aromatic heterocycles. The number of rotatable bonds is 6. The average molecular weight is 198 g/mol. The molecule has 0 aliphatic rings. The Morgan fingerprint density at radius 1 is 1.36 bits per heavy atom. The number of nitrogens with one attached hydrogen (secondary N) is 1. The first kappa shape index (κ1) is 11.0. The number of hydrogen-bond acceptors (Lipinski definition) is 5. The van der Waals surface area contributed by atoms with Crippen LogP contribution in [0.25, 0.3) is 0 Å². The molecule has 1 N–H and O–H groups in total. The zero-order chi connectivity index (χ0) is 10.4. The van der Waals surface area contributed by atoms with Crippen molar-refractivity contribution >= 4 is 6.01 Å². The Kier molecular flexibility index (Phi) is 4.39. The van der Waals surface area contributed by atoms with Crippen molar-refractivity contribution in [2.45, 2.75) is 26.8 Å². The molecule has 5 heteroatoms. The van der Waals surface area contributed by atoms with Crippen molar-refractivity contribution in [2.75, 3.05) is 25.0 Å². The third kappa shape index (κ3) is 2.99. The van der Waals surface area contributed by atoms with Gasteiger partial charge in [-0.25, -0.2) is 0 Å². The molecule has 0 radical (unpaired) electrons. The minimum atomic E-state index is 0.584. The van der Waals surface area contributed by atoms with Gasteiger partial charge in [-0.2, -0.15) is 0 Å². The van der Waals surface area contributed by atoms with Crippen molar-refractivity contribution in [2.24, 2.45) is 0 Å². The van der Waals surface area contributed by atoms with Crippen molar-refractivity contribution in [1.82, 2.24) is 15.5 Å². The molecular formula is C9H18N4O. The van der Waals surface area contributed by atoms with Gasteiger partial charge in [0.05, 0.1) is 6.54 Å². The van der Waals surface area contributed by atoms with Crippen molar-refractivity contribution < 1.29 is 4.42 Å². The number of anilines is 1. The third-order valence-electron chi connectivity index (χ3n) is 1.96. The standard InChI is InChI=1S/C9H18N4O/c1-4-6-10-7-8-11-12-9(14-8)13(3)5-2/h10H,4-7H2,1-3H3. The molecule has 80 valence electrons. The van der Waals surface area contributed by atoms with Crippen LogP contribution in [0.5, 0.6) is 0 Å². The Bertz CT molecular complexity index is 261. The van der Waals surface area contributed by atoms with Crippen molar-refractivity contribution in [3.63, 3.8) is 0 Å². The highest BCUT2D eigenvalue weighted by Crippen LogP contribution is 2.09. The van der Waals surface area contributed by atoms with Gasteiger partial charge in [0, 0.05) is 13.6 Å². The molecule has 0 saturated carbocycles. The van der Waals surface area contributed by atoms with Gasteiger partial charge in [-0.15, -0.1) is 5.10 Å².